The summed E-state index contributed by atoms with van der Waals surface area (Å²) in [6.07, 6.45) is 5.12. The normalized spacial score (nSPS) is 18.3. The standard InChI is InChI=1S/C15H24N2/c1-3-17(14-8-6-7-13(2)11-14)15(12-16)9-4-5-10-15/h6-8,11H,3-5,9-10,12,16H2,1-2H3. The van der Waals surface area contributed by atoms with E-state index in [4.69, 9.17) is 5.73 Å². The van der Waals surface area contributed by atoms with E-state index in [2.05, 4.69) is 43.0 Å². The average Bonchev–Trinajstić information content (AvgIpc) is 2.80. The van der Waals surface area contributed by atoms with Gasteiger partial charge in [0.25, 0.3) is 0 Å². The Balaban J connectivity index is 2.32. The highest BCUT2D eigenvalue weighted by molar-refractivity contribution is 5.51. The molecule has 0 aromatic heterocycles. The number of hydrogen-bond acceptors (Lipinski definition) is 2. The lowest BCUT2D eigenvalue weighted by atomic mass is 9.94. The molecule has 1 aliphatic carbocycles. The quantitative estimate of drug-likeness (QED) is 0.864. The summed E-state index contributed by atoms with van der Waals surface area (Å²) in [5.74, 6) is 0. The third-order valence-electron chi connectivity index (χ3n) is 4.12. The Morgan fingerprint density at radius 1 is 1.29 bits per heavy atom. The first kappa shape index (κ1) is 12.4. The first-order valence-corrected chi connectivity index (χ1v) is 6.76. The van der Waals surface area contributed by atoms with Crippen LogP contribution in [0.4, 0.5) is 5.69 Å². The van der Waals surface area contributed by atoms with Gasteiger partial charge in [-0.25, -0.2) is 0 Å². The van der Waals surface area contributed by atoms with Crippen LogP contribution < -0.4 is 10.6 Å². The van der Waals surface area contributed by atoms with Gasteiger partial charge in [0.2, 0.25) is 0 Å². The van der Waals surface area contributed by atoms with Crippen LogP contribution in [0.1, 0.15) is 38.2 Å². The van der Waals surface area contributed by atoms with Crippen molar-refractivity contribution in [3.8, 4) is 0 Å². The Kier molecular flexibility index (Phi) is 3.72. The molecule has 0 heterocycles. The highest BCUT2D eigenvalue weighted by Gasteiger charge is 2.37. The van der Waals surface area contributed by atoms with Crippen molar-refractivity contribution in [1.82, 2.24) is 0 Å². The van der Waals surface area contributed by atoms with E-state index in [1.807, 2.05) is 0 Å². The maximum atomic E-state index is 6.08. The van der Waals surface area contributed by atoms with Gasteiger partial charge in [-0.3, -0.25) is 0 Å². The number of nitrogens with two attached hydrogens (primary N) is 1. The lowest BCUT2D eigenvalue weighted by molar-refractivity contribution is 0.409. The van der Waals surface area contributed by atoms with E-state index in [1.54, 1.807) is 0 Å². The van der Waals surface area contributed by atoms with Crippen molar-refractivity contribution in [2.24, 2.45) is 5.73 Å². The molecule has 1 aromatic carbocycles. The van der Waals surface area contributed by atoms with Gasteiger partial charge in [-0.05, 0) is 44.4 Å². The minimum atomic E-state index is 0.211. The van der Waals surface area contributed by atoms with Crippen LogP contribution in [0.3, 0.4) is 0 Å². The molecule has 2 nitrogen and oxygen atoms in total. The molecular formula is C15H24N2. The van der Waals surface area contributed by atoms with E-state index in [-0.39, 0.29) is 5.54 Å². The van der Waals surface area contributed by atoms with E-state index in [9.17, 15) is 0 Å². The first-order valence-electron chi connectivity index (χ1n) is 6.76. The minimum absolute atomic E-state index is 0.211. The second-order valence-corrected chi connectivity index (χ2v) is 5.22. The second-order valence-electron chi connectivity index (χ2n) is 5.22. The van der Waals surface area contributed by atoms with Crippen molar-refractivity contribution >= 4 is 5.69 Å². The number of likely N-dealkylation sites (N-methyl/N-ethyl adjacent to an activating group) is 1. The topological polar surface area (TPSA) is 29.3 Å². The summed E-state index contributed by atoms with van der Waals surface area (Å²) in [5, 5.41) is 0. The van der Waals surface area contributed by atoms with Crippen LogP contribution in [-0.4, -0.2) is 18.6 Å². The summed E-state index contributed by atoms with van der Waals surface area (Å²) in [5.41, 5.74) is 8.95. The summed E-state index contributed by atoms with van der Waals surface area (Å²) in [6, 6.07) is 8.79. The Morgan fingerprint density at radius 2 is 2.00 bits per heavy atom. The fraction of sp³-hybridized carbons (Fsp3) is 0.600. The number of rotatable bonds is 4. The molecule has 0 radical (unpaired) electrons. The molecule has 0 amide bonds. The van der Waals surface area contributed by atoms with Crippen LogP contribution in [0, 0.1) is 6.92 Å². The van der Waals surface area contributed by atoms with Crippen LogP contribution in [0.15, 0.2) is 24.3 Å². The second kappa shape index (κ2) is 5.09. The summed E-state index contributed by atoms with van der Waals surface area (Å²) in [7, 11) is 0. The minimum Gasteiger partial charge on any atom is -0.365 e. The third-order valence-corrected chi connectivity index (χ3v) is 4.12. The summed E-state index contributed by atoms with van der Waals surface area (Å²) < 4.78 is 0. The van der Waals surface area contributed by atoms with Gasteiger partial charge >= 0.3 is 0 Å². The molecule has 2 N–H and O–H groups in total. The van der Waals surface area contributed by atoms with Gasteiger partial charge in [0.15, 0.2) is 0 Å². The van der Waals surface area contributed by atoms with Gasteiger partial charge in [-0.1, -0.05) is 25.0 Å². The summed E-state index contributed by atoms with van der Waals surface area (Å²) in [6.45, 7) is 6.20. The first-order chi connectivity index (χ1) is 8.22. The highest BCUT2D eigenvalue weighted by Crippen LogP contribution is 2.37. The maximum absolute atomic E-state index is 6.08. The van der Waals surface area contributed by atoms with Crippen LogP contribution in [-0.2, 0) is 0 Å². The molecule has 0 aliphatic heterocycles. The zero-order valence-electron chi connectivity index (χ0n) is 11.1. The monoisotopic (exact) mass is 232 g/mol. The van der Waals surface area contributed by atoms with E-state index in [0.717, 1.165) is 13.1 Å². The molecule has 1 fully saturated rings. The molecule has 1 saturated carbocycles. The van der Waals surface area contributed by atoms with Gasteiger partial charge in [0.05, 0.1) is 5.54 Å². The Bertz CT molecular complexity index is 367. The molecular weight excluding hydrogens is 208 g/mol. The largest absolute Gasteiger partial charge is 0.365 e. The number of nitrogens with zero attached hydrogens (tertiary/aromatic N) is 1. The van der Waals surface area contributed by atoms with Crippen molar-refractivity contribution < 1.29 is 0 Å². The van der Waals surface area contributed by atoms with E-state index < -0.39 is 0 Å². The third kappa shape index (κ3) is 2.32. The molecule has 0 spiro atoms. The molecule has 0 bridgehead atoms. The van der Waals surface area contributed by atoms with Gasteiger partial charge in [0, 0.05) is 18.8 Å². The van der Waals surface area contributed by atoms with Crippen molar-refractivity contribution in [3.63, 3.8) is 0 Å². The van der Waals surface area contributed by atoms with Crippen molar-refractivity contribution in [1.29, 1.82) is 0 Å². The van der Waals surface area contributed by atoms with Gasteiger partial charge < -0.3 is 10.6 Å². The number of aryl methyl sites for hydroxylation is 1. The fourth-order valence-corrected chi connectivity index (χ4v) is 3.21. The number of benzene rings is 1. The van der Waals surface area contributed by atoms with Crippen molar-refractivity contribution in [2.45, 2.75) is 45.1 Å². The van der Waals surface area contributed by atoms with Crippen LogP contribution in [0.2, 0.25) is 0 Å². The van der Waals surface area contributed by atoms with Crippen LogP contribution in [0.25, 0.3) is 0 Å². The Hall–Kier alpha value is -1.02. The SMILES string of the molecule is CCN(c1cccc(C)c1)C1(CN)CCCC1. The molecule has 2 rings (SSSR count). The summed E-state index contributed by atoms with van der Waals surface area (Å²) >= 11 is 0. The lowest BCUT2D eigenvalue weighted by Crippen LogP contribution is -2.52. The molecule has 17 heavy (non-hydrogen) atoms. The molecule has 0 unspecified atom stereocenters. The van der Waals surface area contributed by atoms with Crippen LogP contribution >= 0.6 is 0 Å². The van der Waals surface area contributed by atoms with Crippen molar-refractivity contribution in [3.05, 3.63) is 29.8 Å². The highest BCUT2D eigenvalue weighted by atomic mass is 15.2. The van der Waals surface area contributed by atoms with Gasteiger partial charge in [-0.15, -0.1) is 0 Å². The molecule has 1 aliphatic rings. The average molecular weight is 232 g/mol. The lowest BCUT2D eigenvalue weighted by Gasteiger charge is -2.42. The van der Waals surface area contributed by atoms with Gasteiger partial charge in [0.1, 0.15) is 0 Å². The van der Waals surface area contributed by atoms with E-state index >= 15 is 0 Å². The Labute approximate surface area is 105 Å². The Morgan fingerprint density at radius 3 is 2.53 bits per heavy atom. The molecule has 94 valence electrons. The number of anilines is 1. The summed E-state index contributed by atoms with van der Waals surface area (Å²) in [4.78, 5) is 2.52. The zero-order valence-corrected chi connectivity index (χ0v) is 11.1. The zero-order chi connectivity index (χ0) is 12.3. The van der Waals surface area contributed by atoms with Crippen LogP contribution in [0.5, 0.6) is 0 Å². The molecule has 2 heteroatoms. The van der Waals surface area contributed by atoms with E-state index in [1.165, 1.54) is 36.9 Å². The molecule has 1 aromatic rings. The smallest absolute Gasteiger partial charge is 0.0524 e. The van der Waals surface area contributed by atoms with Crippen molar-refractivity contribution in [2.75, 3.05) is 18.0 Å². The fourth-order valence-electron chi connectivity index (χ4n) is 3.21. The van der Waals surface area contributed by atoms with Gasteiger partial charge in [-0.2, -0.15) is 0 Å². The maximum Gasteiger partial charge on any atom is 0.0524 e. The predicted molar refractivity (Wildman–Crippen MR) is 74.5 cm³/mol. The number of hydrogen-bond donors (Lipinski definition) is 1. The predicted octanol–water partition coefficient (Wildman–Crippen LogP) is 3.09. The molecule has 0 saturated heterocycles. The van der Waals surface area contributed by atoms with E-state index in [0.29, 0.717) is 0 Å². The molecule has 0 atom stereocenters.